The number of nitrogens with zero attached hydrogens (tertiary/aromatic N) is 6. The van der Waals surface area contributed by atoms with Crippen molar-refractivity contribution < 1.29 is 4.79 Å². The Labute approximate surface area is 133 Å². The van der Waals surface area contributed by atoms with Crippen LogP contribution < -0.4 is 0 Å². The molecular weight excluding hydrogens is 300 g/mol. The van der Waals surface area contributed by atoms with E-state index in [1.807, 2.05) is 25.5 Å². The Morgan fingerprint density at radius 3 is 2.68 bits per heavy atom. The van der Waals surface area contributed by atoms with Crippen LogP contribution in [0.25, 0.3) is 0 Å². The first-order valence-electron chi connectivity index (χ1n) is 7.23. The van der Waals surface area contributed by atoms with Crippen LogP contribution in [0.1, 0.15) is 35.1 Å². The van der Waals surface area contributed by atoms with E-state index in [1.54, 1.807) is 17.3 Å². The maximum Gasteiger partial charge on any atom is 0.275 e. The Morgan fingerprint density at radius 1 is 1.32 bits per heavy atom. The lowest BCUT2D eigenvalue weighted by Gasteiger charge is -2.39. The van der Waals surface area contributed by atoms with Crippen LogP contribution in [0.5, 0.6) is 0 Å². The number of rotatable bonds is 4. The summed E-state index contributed by atoms with van der Waals surface area (Å²) in [5.41, 5.74) is 0.444. The number of carbonyl (C=O) groups is 1. The number of amides is 1. The molecule has 0 radical (unpaired) electrons. The molecule has 116 valence electrons. The first kappa shape index (κ1) is 15.0. The van der Waals surface area contributed by atoms with Crippen LogP contribution in [0.2, 0.25) is 0 Å². The summed E-state index contributed by atoms with van der Waals surface area (Å²) in [6.45, 7) is 7.11. The number of likely N-dealkylation sites (tertiary alicyclic amines) is 1. The van der Waals surface area contributed by atoms with E-state index in [1.165, 1.54) is 11.8 Å². The fourth-order valence-corrected chi connectivity index (χ4v) is 3.21. The van der Waals surface area contributed by atoms with Gasteiger partial charge in [0.25, 0.3) is 5.91 Å². The molecule has 3 heterocycles. The average Bonchev–Trinajstić information content (AvgIpc) is 2.77. The highest BCUT2D eigenvalue weighted by Gasteiger charge is 2.35. The van der Waals surface area contributed by atoms with E-state index in [9.17, 15) is 4.79 Å². The van der Waals surface area contributed by atoms with Crippen molar-refractivity contribution in [2.75, 3.05) is 18.8 Å². The predicted octanol–water partition coefficient (Wildman–Crippen LogP) is 1.49. The minimum Gasteiger partial charge on any atom is -0.333 e. The van der Waals surface area contributed by atoms with E-state index in [-0.39, 0.29) is 11.9 Å². The van der Waals surface area contributed by atoms with Crippen molar-refractivity contribution in [1.82, 2.24) is 29.6 Å². The van der Waals surface area contributed by atoms with Crippen molar-refractivity contribution in [2.24, 2.45) is 0 Å². The van der Waals surface area contributed by atoms with Gasteiger partial charge in [0.05, 0.1) is 6.04 Å². The van der Waals surface area contributed by atoms with E-state index >= 15 is 0 Å². The van der Waals surface area contributed by atoms with Crippen LogP contribution in [0.4, 0.5) is 0 Å². The number of hydrogen-bond acceptors (Lipinski definition) is 6. The first-order chi connectivity index (χ1) is 10.6. The molecule has 1 amide bonds. The molecule has 0 aromatic carbocycles. The first-order valence-corrected chi connectivity index (χ1v) is 8.21. The SMILES string of the molecule is CCSc1nccnc1C(=O)N1CC(n2nc(C)nc2C)C1. The molecule has 1 saturated heterocycles. The largest absolute Gasteiger partial charge is 0.333 e. The third-order valence-electron chi connectivity index (χ3n) is 3.55. The summed E-state index contributed by atoms with van der Waals surface area (Å²) in [7, 11) is 0. The van der Waals surface area contributed by atoms with Crippen LogP contribution >= 0.6 is 11.8 Å². The zero-order chi connectivity index (χ0) is 15.7. The summed E-state index contributed by atoms with van der Waals surface area (Å²) in [6.07, 6.45) is 3.18. The van der Waals surface area contributed by atoms with Crippen molar-refractivity contribution in [3.8, 4) is 0 Å². The van der Waals surface area contributed by atoms with Gasteiger partial charge < -0.3 is 4.90 Å². The summed E-state index contributed by atoms with van der Waals surface area (Å²) < 4.78 is 1.90. The lowest BCUT2D eigenvalue weighted by atomic mass is 10.1. The van der Waals surface area contributed by atoms with Gasteiger partial charge in [-0.1, -0.05) is 6.92 Å². The van der Waals surface area contributed by atoms with Crippen molar-refractivity contribution in [3.05, 3.63) is 29.7 Å². The molecule has 2 aromatic heterocycles. The molecule has 0 spiro atoms. The second kappa shape index (κ2) is 6.04. The molecule has 8 heteroatoms. The van der Waals surface area contributed by atoms with E-state index < -0.39 is 0 Å². The van der Waals surface area contributed by atoms with Crippen LogP contribution in [-0.4, -0.2) is 54.4 Å². The molecule has 0 unspecified atom stereocenters. The molecular formula is C14H18N6OS. The normalized spacial score (nSPS) is 15.0. The third kappa shape index (κ3) is 2.70. The van der Waals surface area contributed by atoms with Crippen LogP contribution in [-0.2, 0) is 0 Å². The fourth-order valence-electron chi connectivity index (χ4n) is 2.52. The zero-order valence-electron chi connectivity index (χ0n) is 12.9. The molecule has 0 saturated carbocycles. The summed E-state index contributed by atoms with van der Waals surface area (Å²) in [6, 6.07) is 0.198. The fraction of sp³-hybridized carbons (Fsp3) is 0.500. The molecule has 7 nitrogen and oxygen atoms in total. The van der Waals surface area contributed by atoms with E-state index in [0.29, 0.717) is 23.8 Å². The number of aryl methyl sites for hydroxylation is 2. The van der Waals surface area contributed by atoms with E-state index in [2.05, 4.69) is 20.1 Å². The molecule has 1 aliphatic rings. The monoisotopic (exact) mass is 318 g/mol. The smallest absolute Gasteiger partial charge is 0.275 e. The molecule has 0 bridgehead atoms. The molecule has 0 N–H and O–H groups in total. The molecule has 3 rings (SSSR count). The number of thioether (sulfide) groups is 1. The zero-order valence-corrected chi connectivity index (χ0v) is 13.7. The second-order valence-corrected chi connectivity index (χ2v) is 6.41. The van der Waals surface area contributed by atoms with Crippen molar-refractivity contribution in [3.63, 3.8) is 0 Å². The summed E-state index contributed by atoms with van der Waals surface area (Å²) in [4.78, 5) is 27.1. The lowest BCUT2D eigenvalue weighted by Crippen LogP contribution is -2.51. The van der Waals surface area contributed by atoms with E-state index in [0.717, 1.165) is 17.4 Å². The molecule has 2 aromatic rings. The molecule has 0 atom stereocenters. The van der Waals surface area contributed by atoms with Gasteiger partial charge in [0, 0.05) is 25.5 Å². The number of hydrogen-bond donors (Lipinski definition) is 0. The van der Waals surface area contributed by atoms with Crippen molar-refractivity contribution in [2.45, 2.75) is 31.8 Å². The number of carbonyl (C=O) groups excluding carboxylic acids is 1. The van der Waals surface area contributed by atoms with Gasteiger partial charge in [-0.25, -0.2) is 19.6 Å². The maximum absolute atomic E-state index is 12.6. The molecule has 0 aliphatic carbocycles. The maximum atomic E-state index is 12.6. The highest BCUT2D eigenvalue weighted by molar-refractivity contribution is 7.99. The summed E-state index contributed by atoms with van der Waals surface area (Å²) in [5, 5.41) is 5.08. The van der Waals surface area contributed by atoms with E-state index in [4.69, 9.17) is 0 Å². The number of aromatic nitrogens is 5. The van der Waals surface area contributed by atoms with Gasteiger partial charge in [0.1, 0.15) is 16.7 Å². The highest BCUT2D eigenvalue weighted by Crippen LogP contribution is 2.26. The minimum absolute atomic E-state index is 0.0604. The van der Waals surface area contributed by atoms with Crippen LogP contribution in [0.3, 0.4) is 0 Å². The Hall–Kier alpha value is -1.96. The second-order valence-electron chi connectivity index (χ2n) is 5.16. The van der Waals surface area contributed by atoms with Gasteiger partial charge in [-0.05, 0) is 19.6 Å². The van der Waals surface area contributed by atoms with Gasteiger partial charge in [0.2, 0.25) is 0 Å². The highest BCUT2D eigenvalue weighted by atomic mass is 32.2. The van der Waals surface area contributed by atoms with Crippen LogP contribution in [0, 0.1) is 13.8 Å². The van der Waals surface area contributed by atoms with Crippen molar-refractivity contribution >= 4 is 17.7 Å². The molecule has 22 heavy (non-hydrogen) atoms. The summed E-state index contributed by atoms with van der Waals surface area (Å²) >= 11 is 1.54. The third-order valence-corrected chi connectivity index (χ3v) is 4.41. The van der Waals surface area contributed by atoms with Gasteiger partial charge in [0.15, 0.2) is 5.69 Å². The average molecular weight is 318 g/mol. The quantitative estimate of drug-likeness (QED) is 0.795. The van der Waals surface area contributed by atoms with Gasteiger partial charge >= 0.3 is 0 Å². The summed E-state index contributed by atoms with van der Waals surface area (Å²) in [5.74, 6) is 2.45. The van der Waals surface area contributed by atoms with Gasteiger partial charge in [-0.15, -0.1) is 11.8 Å². The lowest BCUT2D eigenvalue weighted by molar-refractivity contribution is 0.0486. The van der Waals surface area contributed by atoms with Crippen molar-refractivity contribution in [1.29, 1.82) is 0 Å². The Kier molecular flexibility index (Phi) is 4.10. The Morgan fingerprint density at radius 2 is 2.05 bits per heavy atom. The topological polar surface area (TPSA) is 76.8 Å². The predicted molar refractivity (Wildman–Crippen MR) is 82.9 cm³/mol. The van der Waals surface area contributed by atoms with Crippen LogP contribution in [0.15, 0.2) is 17.4 Å². The minimum atomic E-state index is -0.0604. The standard InChI is InChI=1S/C14H18N6OS/c1-4-22-13-12(15-5-6-16-13)14(21)19-7-11(8-19)20-10(3)17-9(2)18-20/h5-6,11H,4,7-8H2,1-3H3. The van der Waals surface area contributed by atoms with Gasteiger partial charge in [-0.3, -0.25) is 4.79 Å². The Balaban J connectivity index is 1.70. The molecule has 1 fully saturated rings. The molecule has 1 aliphatic heterocycles. The van der Waals surface area contributed by atoms with Gasteiger partial charge in [-0.2, -0.15) is 5.10 Å². The Bertz CT molecular complexity index is 694.